The fourth-order valence-corrected chi connectivity index (χ4v) is 6.99. The van der Waals surface area contributed by atoms with Crippen LogP contribution in [0.15, 0.2) is 12.2 Å². The molecule has 0 bridgehead atoms. The third kappa shape index (κ3) is 37.4. The molecule has 3 atom stereocenters. The first-order valence-electron chi connectivity index (χ1n) is 21.5. The van der Waals surface area contributed by atoms with Gasteiger partial charge in [0.1, 0.15) is 13.2 Å². The Hall–Kier alpha value is -0.760. The number of likely N-dealkylation sites (N-methyl/N-ethyl adjacent to an activating group) is 1. The van der Waals surface area contributed by atoms with E-state index in [1.165, 1.54) is 128 Å². The van der Waals surface area contributed by atoms with E-state index in [0.29, 0.717) is 23.9 Å². The summed E-state index contributed by atoms with van der Waals surface area (Å²) in [5.41, 5.74) is 0. The molecule has 0 saturated carbocycles. The lowest BCUT2D eigenvalue weighted by Crippen LogP contribution is -2.46. The SMILES string of the molecule is CCCCC/C=C/CCCC[C@@H](O)[C@H](COP(=O)([O-])OCC[N+](C)(C)C)NC(=O)CCCCCCCCCCCCCCCCCCCCCC. The number of carbonyl (C=O) groups excluding carboxylic acids is 1. The van der Waals surface area contributed by atoms with Gasteiger partial charge in [-0.1, -0.05) is 167 Å². The van der Waals surface area contributed by atoms with Gasteiger partial charge in [0, 0.05) is 6.42 Å². The highest BCUT2D eigenvalue weighted by Crippen LogP contribution is 2.38. The van der Waals surface area contributed by atoms with Gasteiger partial charge in [-0.05, 0) is 38.5 Å². The van der Waals surface area contributed by atoms with Crippen LogP contribution in [0.5, 0.6) is 0 Å². The second kappa shape index (κ2) is 35.0. The Balaban J connectivity index is 4.23. The fraction of sp³-hybridized carbons (Fsp3) is 0.929. The number of hydrogen-bond acceptors (Lipinski definition) is 6. The van der Waals surface area contributed by atoms with E-state index in [-0.39, 0.29) is 19.1 Å². The Kier molecular flexibility index (Phi) is 34.5. The second-order valence-electron chi connectivity index (χ2n) is 16.1. The van der Waals surface area contributed by atoms with Crippen LogP contribution in [0.4, 0.5) is 0 Å². The van der Waals surface area contributed by atoms with Crippen LogP contribution in [0.2, 0.25) is 0 Å². The van der Waals surface area contributed by atoms with Gasteiger partial charge in [-0.25, -0.2) is 0 Å². The molecule has 9 heteroatoms. The van der Waals surface area contributed by atoms with Gasteiger partial charge in [0.2, 0.25) is 5.91 Å². The maximum Gasteiger partial charge on any atom is 0.268 e. The summed E-state index contributed by atoms with van der Waals surface area (Å²) in [4.78, 5) is 25.2. The fourth-order valence-electron chi connectivity index (χ4n) is 6.27. The number of amides is 1. The van der Waals surface area contributed by atoms with Crippen molar-refractivity contribution in [2.75, 3.05) is 40.9 Å². The largest absolute Gasteiger partial charge is 0.756 e. The van der Waals surface area contributed by atoms with E-state index in [2.05, 4.69) is 31.3 Å². The third-order valence-electron chi connectivity index (χ3n) is 9.75. The van der Waals surface area contributed by atoms with Crippen molar-refractivity contribution in [3.05, 3.63) is 12.2 Å². The second-order valence-corrected chi connectivity index (χ2v) is 17.5. The number of hydrogen-bond donors (Lipinski definition) is 2. The maximum absolute atomic E-state index is 12.8. The molecule has 0 aromatic heterocycles. The van der Waals surface area contributed by atoms with Gasteiger partial charge >= 0.3 is 0 Å². The highest BCUT2D eigenvalue weighted by Gasteiger charge is 2.24. The Labute approximate surface area is 316 Å². The predicted octanol–water partition coefficient (Wildman–Crippen LogP) is 10.9. The van der Waals surface area contributed by atoms with E-state index in [1.54, 1.807) is 0 Å². The highest BCUT2D eigenvalue weighted by molar-refractivity contribution is 7.45. The van der Waals surface area contributed by atoms with Gasteiger partial charge in [-0.2, -0.15) is 0 Å². The van der Waals surface area contributed by atoms with E-state index in [1.807, 2.05) is 21.1 Å². The zero-order valence-corrected chi connectivity index (χ0v) is 35.2. The summed E-state index contributed by atoms with van der Waals surface area (Å²) in [6.07, 6.45) is 38.0. The first-order chi connectivity index (χ1) is 24.5. The number of aliphatic hydroxyl groups excluding tert-OH is 1. The lowest BCUT2D eigenvalue weighted by atomic mass is 10.0. The highest BCUT2D eigenvalue weighted by atomic mass is 31.2. The van der Waals surface area contributed by atoms with Crippen LogP contribution >= 0.6 is 7.82 Å². The van der Waals surface area contributed by atoms with Crippen LogP contribution in [0, 0.1) is 0 Å². The first-order valence-corrected chi connectivity index (χ1v) is 23.0. The molecule has 0 aromatic rings. The molecular formula is C42H85N2O6P. The molecule has 0 aromatic carbocycles. The average molecular weight is 745 g/mol. The molecule has 0 heterocycles. The van der Waals surface area contributed by atoms with Gasteiger partial charge in [-0.3, -0.25) is 9.36 Å². The summed E-state index contributed by atoms with van der Waals surface area (Å²) in [5, 5.41) is 13.8. The first kappa shape index (κ1) is 50.2. The topological polar surface area (TPSA) is 108 Å². The van der Waals surface area contributed by atoms with Crippen LogP contribution in [0.25, 0.3) is 0 Å². The van der Waals surface area contributed by atoms with Crippen LogP contribution in [-0.2, 0) is 18.4 Å². The van der Waals surface area contributed by atoms with Crippen LogP contribution < -0.4 is 10.2 Å². The van der Waals surface area contributed by atoms with Gasteiger partial charge in [0.05, 0.1) is 39.9 Å². The monoisotopic (exact) mass is 745 g/mol. The molecule has 0 saturated heterocycles. The van der Waals surface area contributed by atoms with E-state index >= 15 is 0 Å². The summed E-state index contributed by atoms with van der Waals surface area (Å²) in [7, 11) is 1.29. The van der Waals surface area contributed by atoms with E-state index in [9.17, 15) is 19.4 Å². The number of carbonyl (C=O) groups is 1. The Morgan fingerprint density at radius 2 is 1.08 bits per heavy atom. The summed E-state index contributed by atoms with van der Waals surface area (Å²) in [6, 6.07) is -0.809. The number of phosphoric ester groups is 1. The molecule has 0 fully saturated rings. The molecule has 51 heavy (non-hydrogen) atoms. The molecule has 1 unspecified atom stereocenters. The summed E-state index contributed by atoms with van der Waals surface area (Å²) in [5.74, 6) is -0.174. The molecule has 0 spiro atoms. The molecule has 8 nitrogen and oxygen atoms in total. The molecule has 304 valence electrons. The minimum atomic E-state index is -4.56. The molecule has 0 radical (unpaired) electrons. The summed E-state index contributed by atoms with van der Waals surface area (Å²) >= 11 is 0. The molecule has 0 aliphatic rings. The van der Waals surface area contributed by atoms with Crippen molar-refractivity contribution < 1.29 is 32.9 Å². The number of aliphatic hydroxyl groups is 1. The molecule has 0 aliphatic heterocycles. The number of allylic oxidation sites excluding steroid dienone is 2. The van der Waals surface area contributed by atoms with Gasteiger partial charge in [-0.15, -0.1) is 0 Å². The van der Waals surface area contributed by atoms with Crippen molar-refractivity contribution in [2.45, 2.75) is 212 Å². The quantitative estimate of drug-likeness (QED) is 0.0281. The van der Waals surface area contributed by atoms with Gasteiger partial charge in [0.25, 0.3) is 7.82 Å². The van der Waals surface area contributed by atoms with Crippen molar-refractivity contribution in [2.24, 2.45) is 0 Å². The lowest BCUT2D eigenvalue weighted by molar-refractivity contribution is -0.870. The Morgan fingerprint density at radius 3 is 1.53 bits per heavy atom. The minimum Gasteiger partial charge on any atom is -0.756 e. The van der Waals surface area contributed by atoms with Crippen molar-refractivity contribution >= 4 is 13.7 Å². The smallest absolute Gasteiger partial charge is 0.268 e. The van der Waals surface area contributed by atoms with E-state index < -0.39 is 20.0 Å². The Bertz CT molecular complexity index is 850. The number of unbranched alkanes of at least 4 members (excludes halogenated alkanes) is 24. The number of quaternary nitrogens is 1. The van der Waals surface area contributed by atoms with Crippen LogP contribution in [-0.4, -0.2) is 68.5 Å². The summed E-state index contributed by atoms with van der Waals surface area (Å²) < 4.78 is 23.1. The zero-order valence-electron chi connectivity index (χ0n) is 34.3. The standard InChI is InChI=1S/C42H85N2O6P/c1-6-8-10-12-14-16-17-18-19-20-21-22-23-24-25-26-28-30-32-34-36-42(46)43-40(39-50-51(47,48)49-38-37-44(3,4)5)41(45)35-33-31-29-27-15-13-11-9-7-2/h15,27,40-41,45H,6-14,16-26,28-39H2,1-5H3,(H-,43,46,47,48)/b27-15+/t40-,41+/m0/s1. The van der Waals surface area contributed by atoms with Crippen molar-refractivity contribution in [3.8, 4) is 0 Å². The third-order valence-corrected chi connectivity index (χ3v) is 10.7. The van der Waals surface area contributed by atoms with Crippen molar-refractivity contribution in [1.29, 1.82) is 0 Å². The van der Waals surface area contributed by atoms with Crippen LogP contribution in [0.1, 0.15) is 200 Å². The maximum atomic E-state index is 12.8. The van der Waals surface area contributed by atoms with Crippen LogP contribution in [0.3, 0.4) is 0 Å². The number of phosphoric acid groups is 1. The summed E-state index contributed by atoms with van der Waals surface area (Å²) in [6.45, 7) is 4.66. The molecule has 0 aliphatic carbocycles. The van der Waals surface area contributed by atoms with Crippen molar-refractivity contribution in [3.63, 3.8) is 0 Å². The normalized spacial score (nSPS) is 14.6. The molecule has 2 N–H and O–H groups in total. The van der Waals surface area contributed by atoms with E-state index in [4.69, 9.17) is 9.05 Å². The van der Waals surface area contributed by atoms with E-state index in [0.717, 1.165) is 44.9 Å². The zero-order chi connectivity index (χ0) is 37.9. The van der Waals surface area contributed by atoms with Crippen molar-refractivity contribution in [1.82, 2.24) is 5.32 Å². The average Bonchev–Trinajstić information content (AvgIpc) is 3.07. The molecule has 1 amide bonds. The number of nitrogens with zero attached hydrogens (tertiary/aromatic N) is 1. The molecule has 0 rings (SSSR count). The lowest BCUT2D eigenvalue weighted by Gasteiger charge is -2.30. The van der Waals surface area contributed by atoms with Gasteiger partial charge < -0.3 is 28.8 Å². The predicted molar refractivity (Wildman–Crippen MR) is 215 cm³/mol. The molecular weight excluding hydrogens is 659 g/mol. The minimum absolute atomic E-state index is 0.00919. The van der Waals surface area contributed by atoms with Gasteiger partial charge in [0.15, 0.2) is 0 Å². The Morgan fingerprint density at radius 1 is 0.667 bits per heavy atom. The number of nitrogens with one attached hydrogen (secondary N) is 1. The number of rotatable bonds is 39.